The molecule has 0 aliphatic carbocycles. The molecule has 8 heteroatoms. The molecule has 14 aromatic carbocycles. The van der Waals surface area contributed by atoms with Crippen LogP contribution < -0.4 is 31.7 Å². The summed E-state index contributed by atoms with van der Waals surface area (Å²) in [5.74, 6) is 0. The summed E-state index contributed by atoms with van der Waals surface area (Å²) < 4.78 is 20.2. The molecular formula is C80H44B2N4O2. The van der Waals surface area contributed by atoms with Crippen molar-refractivity contribution in [3.8, 4) is 33.4 Å². The van der Waals surface area contributed by atoms with E-state index in [9.17, 15) is 0 Å². The number of hydrogen-bond donors (Lipinski definition) is 0. The van der Waals surface area contributed by atoms with Crippen molar-refractivity contribution in [1.82, 2.24) is 8.96 Å². The van der Waals surface area contributed by atoms with Crippen LogP contribution in [0.2, 0.25) is 0 Å². The number of hydrogen-bond acceptors (Lipinski definition) is 4. The summed E-state index contributed by atoms with van der Waals surface area (Å²) in [6.45, 7) is -0.342. The van der Waals surface area contributed by atoms with Gasteiger partial charge in [0.15, 0.2) is 5.58 Å². The molecule has 6 nitrogen and oxygen atoms in total. The standard InChI is InChI=1S/C80H44B2N4O2/c1-3-20-46(21-4-1)83-67-42-40-50-49(28-15-29-54(50)71(67)82-73-61(43-63-53-27-11-14-38-68(53)87-80(63)78(73)83)57-32-16-31-56-52-26-10-13-37-66(52)86(82)75(56)57)59-34-18-35-60-70-69(88-79(59)60)44-62-58-33-17-30-55-51-25-9-12-36-65(51)85(74(55)58)81-64-41-39-45-19-7-8-24-48(45)76(64)84(77(70)72(62)81)47-22-5-2-6-23-47/h1-44H. The van der Waals surface area contributed by atoms with Gasteiger partial charge in [-0.3, -0.25) is 0 Å². The highest BCUT2D eigenvalue weighted by Gasteiger charge is 2.47. The summed E-state index contributed by atoms with van der Waals surface area (Å²) in [5.41, 5.74) is 27.3. The molecule has 8 heterocycles. The molecule has 4 aromatic heterocycles. The van der Waals surface area contributed by atoms with Gasteiger partial charge in [0.2, 0.25) is 0 Å². The number of aromatic nitrogens is 2. The fraction of sp³-hybridized carbons (Fsp3) is 0. The molecule has 0 atom stereocenters. The molecule has 402 valence electrons. The summed E-state index contributed by atoms with van der Waals surface area (Å²) in [5, 5.41) is 14.2. The van der Waals surface area contributed by atoms with Gasteiger partial charge in [0.1, 0.15) is 16.7 Å². The lowest BCUT2D eigenvalue weighted by atomic mass is 9.44. The molecular weight excluding hydrogens is 1070 g/mol. The van der Waals surface area contributed by atoms with E-state index in [2.05, 4.69) is 286 Å². The predicted octanol–water partition coefficient (Wildman–Crippen LogP) is 18.5. The van der Waals surface area contributed by atoms with Gasteiger partial charge in [-0.1, -0.05) is 206 Å². The summed E-state index contributed by atoms with van der Waals surface area (Å²) >= 11 is 0. The first-order chi connectivity index (χ1) is 43.7. The number of para-hydroxylation sites is 8. The lowest BCUT2D eigenvalue weighted by molar-refractivity contribution is 0.669. The second-order valence-electron chi connectivity index (χ2n) is 24.5. The highest BCUT2D eigenvalue weighted by molar-refractivity contribution is 6.92. The number of furan rings is 2. The van der Waals surface area contributed by atoms with Crippen molar-refractivity contribution in [3.63, 3.8) is 0 Å². The molecule has 88 heavy (non-hydrogen) atoms. The van der Waals surface area contributed by atoms with Crippen LogP contribution in [0.25, 0.3) is 142 Å². The van der Waals surface area contributed by atoms with Crippen molar-refractivity contribution in [1.29, 1.82) is 0 Å². The minimum Gasteiger partial charge on any atom is -0.455 e. The summed E-state index contributed by atoms with van der Waals surface area (Å²) in [6.07, 6.45) is 0. The number of nitrogens with zero attached hydrogens (tertiary/aromatic N) is 4. The van der Waals surface area contributed by atoms with Gasteiger partial charge in [-0.25, -0.2) is 0 Å². The number of rotatable bonds is 3. The first kappa shape index (κ1) is 45.9. The maximum Gasteiger partial charge on any atom is 0.333 e. The fourth-order valence-electron chi connectivity index (χ4n) is 17.1. The van der Waals surface area contributed by atoms with Crippen LogP contribution in [0.4, 0.5) is 34.1 Å². The van der Waals surface area contributed by atoms with Crippen molar-refractivity contribution in [2.45, 2.75) is 0 Å². The topological polar surface area (TPSA) is 42.6 Å². The molecule has 18 aromatic rings. The first-order valence-electron chi connectivity index (χ1n) is 30.6. The second kappa shape index (κ2) is 16.3. The zero-order chi connectivity index (χ0) is 56.8. The highest BCUT2D eigenvalue weighted by atomic mass is 16.3. The van der Waals surface area contributed by atoms with Crippen LogP contribution in [-0.2, 0) is 0 Å². The molecule has 0 bridgehead atoms. The normalized spacial score (nSPS) is 13.6. The second-order valence-corrected chi connectivity index (χ2v) is 24.5. The van der Waals surface area contributed by atoms with Gasteiger partial charge in [-0.2, -0.15) is 0 Å². The zero-order valence-electron chi connectivity index (χ0n) is 47.2. The van der Waals surface area contributed by atoms with E-state index in [1.165, 1.54) is 110 Å². The van der Waals surface area contributed by atoms with Gasteiger partial charge in [-0.05, 0) is 115 Å². The Morgan fingerprint density at radius 1 is 0.284 bits per heavy atom. The van der Waals surface area contributed by atoms with E-state index in [4.69, 9.17) is 8.83 Å². The third kappa shape index (κ3) is 5.51. The lowest BCUT2D eigenvalue weighted by Crippen LogP contribution is -2.57. The summed E-state index contributed by atoms with van der Waals surface area (Å²) in [4.78, 5) is 5.07. The average molecular weight is 1110 g/mol. The molecule has 0 radical (unpaired) electrons. The van der Waals surface area contributed by atoms with Crippen LogP contribution in [0.3, 0.4) is 0 Å². The average Bonchev–Trinajstić information content (AvgIpc) is 1.34. The van der Waals surface area contributed by atoms with Gasteiger partial charge in [0, 0.05) is 98.9 Å². The van der Waals surface area contributed by atoms with Crippen molar-refractivity contribution < 1.29 is 8.83 Å². The monoisotopic (exact) mass is 1110 g/mol. The van der Waals surface area contributed by atoms with E-state index in [0.29, 0.717) is 0 Å². The van der Waals surface area contributed by atoms with Gasteiger partial charge in [-0.15, -0.1) is 0 Å². The Morgan fingerprint density at radius 2 is 0.841 bits per heavy atom. The highest BCUT2D eigenvalue weighted by Crippen LogP contribution is 2.54. The van der Waals surface area contributed by atoms with Crippen LogP contribution in [0.1, 0.15) is 0 Å². The van der Waals surface area contributed by atoms with Crippen molar-refractivity contribution >= 4 is 179 Å². The maximum absolute atomic E-state index is 7.68. The molecule has 0 saturated carbocycles. The zero-order valence-corrected chi connectivity index (χ0v) is 47.2. The Balaban J connectivity index is 0.852. The number of anilines is 6. The van der Waals surface area contributed by atoms with Crippen LogP contribution in [0.5, 0.6) is 0 Å². The quantitative estimate of drug-likeness (QED) is 0.165. The molecule has 0 saturated heterocycles. The Bertz CT molecular complexity index is 6230. The van der Waals surface area contributed by atoms with Gasteiger partial charge < -0.3 is 27.6 Å². The molecule has 0 fully saturated rings. The predicted molar refractivity (Wildman–Crippen MR) is 369 cm³/mol. The molecule has 0 amide bonds. The van der Waals surface area contributed by atoms with Crippen LogP contribution in [-0.4, -0.2) is 22.7 Å². The fourth-order valence-corrected chi connectivity index (χ4v) is 17.1. The molecule has 22 rings (SSSR count). The molecule has 0 N–H and O–H groups in total. The van der Waals surface area contributed by atoms with Crippen molar-refractivity contribution in [2.75, 3.05) is 9.80 Å². The SMILES string of the molecule is c1ccc(N2c3ccc4c(-c5cccc6c5oc5cc7c8c(c56)N(c5ccccc5)c5c(ccc6ccccc56)B8n5c6ccccc6c6cccc-7c65)cccc4c3B3c4c(cc5c(oc6ccccc65)c42)-c2cccc4c5ccccc5n3c24)cc1. The van der Waals surface area contributed by atoms with Gasteiger partial charge in [0.25, 0.3) is 0 Å². The molecule has 0 unspecified atom stereocenters. The summed E-state index contributed by atoms with van der Waals surface area (Å²) in [6, 6.07) is 99.2. The van der Waals surface area contributed by atoms with E-state index in [0.717, 1.165) is 88.8 Å². The number of fused-ring (bicyclic) bond motifs is 26. The Hall–Kier alpha value is -11.5. The van der Waals surface area contributed by atoms with Gasteiger partial charge in [0.05, 0.1) is 22.4 Å². The minimum absolute atomic E-state index is 0.127. The van der Waals surface area contributed by atoms with E-state index >= 15 is 0 Å². The van der Waals surface area contributed by atoms with Crippen LogP contribution in [0.15, 0.2) is 276 Å². The van der Waals surface area contributed by atoms with Crippen LogP contribution in [0, 0.1) is 0 Å². The van der Waals surface area contributed by atoms with E-state index in [1.807, 2.05) is 0 Å². The molecule has 0 spiro atoms. The summed E-state index contributed by atoms with van der Waals surface area (Å²) in [7, 11) is 0. The largest absolute Gasteiger partial charge is 0.455 e. The minimum atomic E-state index is -0.215. The molecule has 4 aliphatic rings. The third-order valence-electron chi connectivity index (χ3n) is 20.4. The lowest BCUT2D eigenvalue weighted by Gasteiger charge is -2.41. The number of benzene rings is 14. The van der Waals surface area contributed by atoms with Crippen molar-refractivity contribution in [3.05, 3.63) is 267 Å². The van der Waals surface area contributed by atoms with Crippen LogP contribution >= 0.6 is 0 Å². The third-order valence-corrected chi connectivity index (χ3v) is 20.4. The maximum atomic E-state index is 7.68. The van der Waals surface area contributed by atoms with E-state index in [1.54, 1.807) is 0 Å². The Kier molecular flexibility index (Phi) is 8.49. The molecule has 4 aliphatic heterocycles. The smallest absolute Gasteiger partial charge is 0.333 e. The Morgan fingerprint density at radius 3 is 1.58 bits per heavy atom. The van der Waals surface area contributed by atoms with Gasteiger partial charge >= 0.3 is 13.7 Å². The first-order valence-corrected chi connectivity index (χ1v) is 30.6. The Labute approximate surface area is 503 Å². The van der Waals surface area contributed by atoms with E-state index in [-0.39, 0.29) is 13.7 Å². The van der Waals surface area contributed by atoms with E-state index < -0.39 is 0 Å². The van der Waals surface area contributed by atoms with Crippen molar-refractivity contribution in [2.24, 2.45) is 0 Å².